The predicted octanol–water partition coefficient (Wildman–Crippen LogP) is 4.54. The Kier molecular flexibility index (Phi) is 2.27. The van der Waals surface area contributed by atoms with Gasteiger partial charge in [0.15, 0.2) is 0 Å². The fourth-order valence-corrected chi connectivity index (χ4v) is 2.39. The summed E-state index contributed by atoms with van der Waals surface area (Å²) in [6.45, 7) is 0. The van der Waals surface area contributed by atoms with Crippen LogP contribution in [-0.2, 0) is 0 Å². The van der Waals surface area contributed by atoms with Gasteiger partial charge in [0.05, 0.1) is 0 Å². The predicted molar refractivity (Wildman–Crippen MR) is 36.6 cm³/mol. The van der Waals surface area contributed by atoms with Crippen LogP contribution in [0.2, 0.25) is 0 Å². The van der Waals surface area contributed by atoms with E-state index in [0.717, 1.165) is 0 Å². The van der Waals surface area contributed by atoms with E-state index >= 15 is 0 Å². The van der Waals surface area contributed by atoms with Crippen molar-refractivity contribution in [3.63, 3.8) is 0 Å². The van der Waals surface area contributed by atoms with Gasteiger partial charge < -0.3 is 0 Å². The molecule has 0 rings (SSSR count). The average molecular weight is 287 g/mol. The molecule has 0 saturated heterocycles. The Hall–Kier alpha value is 0.700. The van der Waals surface area contributed by atoms with Crippen LogP contribution in [0.25, 0.3) is 0 Å². The molecule has 0 spiro atoms. The maximum absolute atomic E-state index is 11.8. The number of hydrogen-bond donors (Lipinski definition) is 0. The molecule has 0 aliphatic rings. The quantitative estimate of drug-likeness (QED) is 0.516. The molecule has 0 fully saturated rings. The van der Waals surface area contributed by atoms with Crippen LogP contribution in [0, 0.1) is 0 Å². The highest BCUT2D eigenvalue weighted by Crippen LogP contribution is 3.01. The van der Waals surface area contributed by atoms with Gasteiger partial charge in [-0.25, -0.2) is 4.39 Å². The molecule has 11 heavy (non-hydrogen) atoms. The summed E-state index contributed by atoms with van der Waals surface area (Å²) >= 11 is 6.33. The molecule has 2 unspecified atom stereocenters. The molecular weight excluding hydrogens is 285 g/mol. The number of alkyl halides is 3. The number of hydrogen-bond acceptors (Lipinski definition) is 0. The SMILES string of the molecule is FC(C(Cl)Br)S(F)(F)(F)(F)F. The molecule has 0 nitrogen and oxygen atoms in total. The Morgan fingerprint density at radius 1 is 1.09 bits per heavy atom. The molecular formula is C2H2BrClF6S. The molecule has 0 aromatic carbocycles. The highest BCUT2D eigenvalue weighted by Gasteiger charge is 2.73. The highest BCUT2D eigenvalue weighted by atomic mass is 79.9. The minimum atomic E-state index is -10.1. The Morgan fingerprint density at radius 3 is 1.36 bits per heavy atom. The van der Waals surface area contributed by atoms with Crippen LogP contribution in [-0.4, -0.2) is 9.79 Å². The smallest absolute Gasteiger partial charge is 0.223 e. The average Bonchev–Trinajstić information content (AvgIpc) is 1.57. The fourth-order valence-electron chi connectivity index (χ4n) is 0.194. The second-order valence-corrected chi connectivity index (χ2v) is 6.21. The summed E-state index contributed by atoms with van der Waals surface area (Å²) in [6.07, 6.45) is 0. The highest BCUT2D eigenvalue weighted by molar-refractivity contribution is 9.10. The van der Waals surface area contributed by atoms with Gasteiger partial charge in [0, 0.05) is 0 Å². The van der Waals surface area contributed by atoms with Crippen molar-refractivity contribution >= 4 is 37.8 Å². The molecule has 0 aromatic rings. The molecule has 0 heterocycles. The van der Waals surface area contributed by atoms with Gasteiger partial charge in [-0.15, -0.1) is 11.6 Å². The van der Waals surface area contributed by atoms with E-state index in [0.29, 0.717) is 0 Å². The third-order valence-electron chi connectivity index (χ3n) is 0.624. The van der Waals surface area contributed by atoms with Gasteiger partial charge in [-0.2, -0.15) is 0 Å². The van der Waals surface area contributed by atoms with E-state index in [4.69, 9.17) is 0 Å². The monoisotopic (exact) mass is 286 g/mol. The zero-order valence-corrected chi connectivity index (χ0v) is 7.75. The fraction of sp³-hybridized carbons (Fsp3) is 1.00. The first-order chi connectivity index (χ1) is 4.34. The van der Waals surface area contributed by atoms with Gasteiger partial charge in [-0.1, -0.05) is 35.4 Å². The van der Waals surface area contributed by atoms with E-state index < -0.39 is 20.0 Å². The van der Waals surface area contributed by atoms with Crippen molar-refractivity contribution in [3.8, 4) is 0 Å². The van der Waals surface area contributed by atoms with Crippen molar-refractivity contribution in [2.24, 2.45) is 0 Å². The van der Waals surface area contributed by atoms with Crippen molar-refractivity contribution < 1.29 is 23.8 Å². The van der Waals surface area contributed by atoms with Crippen molar-refractivity contribution in [1.29, 1.82) is 0 Å². The first-order valence-corrected chi connectivity index (χ1v) is 5.36. The molecule has 2 atom stereocenters. The summed E-state index contributed by atoms with van der Waals surface area (Å²) in [7, 11) is -10.1. The van der Waals surface area contributed by atoms with E-state index in [1.807, 2.05) is 15.9 Å². The van der Waals surface area contributed by atoms with E-state index in [-0.39, 0.29) is 0 Å². The number of halogens is 8. The molecule has 72 valence electrons. The molecule has 0 N–H and O–H groups in total. The lowest BCUT2D eigenvalue weighted by Gasteiger charge is -2.43. The minimum absolute atomic E-state index is 1.87. The van der Waals surface area contributed by atoms with Gasteiger partial charge in [-0.05, 0) is 0 Å². The van der Waals surface area contributed by atoms with Gasteiger partial charge >= 0.3 is 10.2 Å². The van der Waals surface area contributed by atoms with Crippen LogP contribution in [0.1, 0.15) is 0 Å². The van der Waals surface area contributed by atoms with Gasteiger partial charge in [0.25, 0.3) is 5.50 Å². The van der Waals surface area contributed by atoms with Crippen LogP contribution < -0.4 is 0 Å². The third-order valence-corrected chi connectivity index (χ3v) is 2.93. The molecule has 0 radical (unpaired) electrons. The normalized spacial score (nSPS) is 25.1. The molecule has 0 bridgehead atoms. The number of rotatable bonds is 2. The van der Waals surface area contributed by atoms with Crippen molar-refractivity contribution in [2.75, 3.05) is 0 Å². The summed E-state index contributed by atoms with van der Waals surface area (Å²) in [5, 5.41) is 0. The van der Waals surface area contributed by atoms with E-state index in [1.54, 1.807) is 0 Å². The maximum Gasteiger partial charge on any atom is 0.316 e. The molecule has 0 amide bonds. The molecule has 0 aliphatic carbocycles. The molecule has 0 aromatic heterocycles. The third kappa shape index (κ3) is 3.75. The standard InChI is InChI=1S/C2H2BrClF6S/c3-1(4)2(5)11(6,7,8,9)10/h1-2H. The van der Waals surface area contributed by atoms with E-state index in [1.165, 1.54) is 0 Å². The lowest BCUT2D eigenvalue weighted by atomic mass is 10.9. The Labute approximate surface area is 71.7 Å². The van der Waals surface area contributed by atoms with Crippen molar-refractivity contribution in [3.05, 3.63) is 0 Å². The Bertz CT molecular complexity index is 158. The minimum Gasteiger partial charge on any atom is -0.223 e. The lowest BCUT2D eigenvalue weighted by molar-refractivity contribution is 0.281. The Balaban J connectivity index is 4.86. The van der Waals surface area contributed by atoms with Crippen LogP contribution in [0.5, 0.6) is 0 Å². The van der Waals surface area contributed by atoms with Crippen molar-refractivity contribution in [1.82, 2.24) is 0 Å². The first kappa shape index (κ1) is 11.7. The zero-order chi connectivity index (χ0) is 9.56. The summed E-state index contributed by atoms with van der Waals surface area (Å²) in [5.41, 5.74) is -4.32. The Morgan fingerprint density at radius 2 is 1.36 bits per heavy atom. The first-order valence-electron chi connectivity index (χ1n) is 2.00. The summed E-state index contributed by atoms with van der Waals surface area (Å²) in [6, 6.07) is 0. The van der Waals surface area contributed by atoms with Crippen LogP contribution in [0.15, 0.2) is 0 Å². The lowest BCUT2D eigenvalue weighted by Crippen LogP contribution is -2.26. The summed E-state index contributed by atoms with van der Waals surface area (Å²) < 4.78 is 66.2. The summed E-state index contributed by atoms with van der Waals surface area (Å²) in [5.74, 6) is 0. The van der Waals surface area contributed by atoms with Gasteiger partial charge in [0.2, 0.25) is 0 Å². The zero-order valence-electron chi connectivity index (χ0n) is 4.59. The summed E-state index contributed by atoms with van der Waals surface area (Å²) in [4.78, 5) is 0. The van der Waals surface area contributed by atoms with E-state index in [9.17, 15) is 23.8 Å². The van der Waals surface area contributed by atoms with Crippen LogP contribution >= 0.6 is 37.8 Å². The topological polar surface area (TPSA) is 0 Å². The molecule has 0 saturated carbocycles. The van der Waals surface area contributed by atoms with Gasteiger partial charge in [-0.3, -0.25) is 0 Å². The maximum atomic E-state index is 11.8. The van der Waals surface area contributed by atoms with E-state index in [2.05, 4.69) is 11.6 Å². The van der Waals surface area contributed by atoms with Crippen LogP contribution in [0.4, 0.5) is 23.8 Å². The van der Waals surface area contributed by atoms with Crippen LogP contribution in [0.3, 0.4) is 0 Å². The van der Waals surface area contributed by atoms with Gasteiger partial charge in [0.1, 0.15) is 4.29 Å². The largest absolute Gasteiger partial charge is 0.316 e. The van der Waals surface area contributed by atoms with Crippen molar-refractivity contribution in [2.45, 2.75) is 9.79 Å². The molecule has 0 aliphatic heterocycles. The second-order valence-electron chi connectivity index (χ2n) is 1.71. The molecule has 9 heteroatoms. The second kappa shape index (κ2) is 2.14.